The molecule has 0 unspecified atom stereocenters. The quantitative estimate of drug-likeness (QED) is 0.413. The molecule has 6 heteroatoms. The van der Waals surface area contributed by atoms with Crippen LogP contribution in [-0.2, 0) is 11.2 Å². The van der Waals surface area contributed by atoms with Crippen molar-refractivity contribution in [2.45, 2.75) is 12.5 Å². The van der Waals surface area contributed by atoms with Gasteiger partial charge in [0.25, 0.3) is 5.91 Å². The molecule has 4 rings (SSSR count). The smallest absolute Gasteiger partial charge is 0.335 e. The lowest BCUT2D eigenvalue weighted by Crippen LogP contribution is -2.42. The topological polar surface area (TPSA) is 104 Å². The molecule has 3 N–H and O–H groups in total. The van der Waals surface area contributed by atoms with Crippen LogP contribution in [0.2, 0.25) is 0 Å². The number of nitrogens with one attached hydrogen (secondary N) is 1. The fourth-order valence-corrected chi connectivity index (χ4v) is 3.71. The summed E-state index contributed by atoms with van der Waals surface area (Å²) >= 11 is 0. The van der Waals surface area contributed by atoms with Gasteiger partial charge in [-0.1, -0.05) is 60.7 Å². The molecule has 0 radical (unpaired) electrons. The van der Waals surface area contributed by atoms with E-state index < -0.39 is 23.9 Å². The van der Waals surface area contributed by atoms with E-state index in [1.165, 1.54) is 12.1 Å². The van der Waals surface area contributed by atoms with Crippen molar-refractivity contribution in [2.24, 2.45) is 0 Å². The van der Waals surface area contributed by atoms with Gasteiger partial charge in [0.05, 0.1) is 11.1 Å². The Morgan fingerprint density at radius 1 is 0.774 bits per heavy atom. The Labute approximate surface area is 177 Å². The standard InChI is InChI=1S/C25H19NO5/c27-23(26-21(25(30)31)13-15-9-11-16(12-10-15)24(28)29)22-19-7-3-1-5-17(19)14-18-6-2-4-8-20(18)22/h1-12,14,21H,13H2,(H,26,27)(H,28,29)(H,30,31)/t21-/m0/s1. The molecular formula is C25H19NO5. The number of fused-ring (bicyclic) bond motifs is 2. The highest BCUT2D eigenvalue weighted by Gasteiger charge is 2.23. The number of carbonyl (C=O) groups is 3. The van der Waals surface area contributed by atoms with E-state index in [9.17, 15) is 19.5 Å². The van der Waals surface area contributed by atoms with E-state index in [1.807, 2.05) is 54.6 Å². The average molecular weight is 413 g/mol. The first-order chi connectivity index (χ1) is 14.9. The molecule has 1 atom stereocenters. The minimum absolute atomic E-state index is 0.0314. The van der Waals surface area contributed by atoms with Gasteiger partial charge in [0, 0.05) is 6.42 Å². The number of carbonyl (C=O) groups excluding carboxylic acids is 1. The molecule has 6 nitrogen and oxygen atoms in total. The van der Waals surface area contributed by atoms with E-state index >= 15 is 0 Å². The van der Waals surface area contributed by atoms with Crippen LogP contribution in [0, 0.1) is 0 Å². The number of carboxylic acid groups (broad SMARTS) is 2. The molecule has 0 aliphatic heterocycles. The minimum Gasteiger partial charge on any atom is -0.480 e. The third-order valence-electron chi connectivity index (χ3n) is 5.24. The summed E-state index contributed by atoms with van der Waals surface area (Å²) in [6.07, 6.45) is 0.0314. The number of hydrogen-bond acceptors (Lipinski definition) is 3. The molecule has 0 aromatic heterocycles. The summed E-state index contributed by atoms with van der Waals surface area (Å²) in [6, 6.07) is 21.7. The largest absolute Gasteiger partial charge is 0.480 e. The van der Waals surface area contributed by atoms with Gasteiger partial charge in [0.1, 0.15) is 6.04 Å². The second kappa shape index (κ2) is 8.28. The third kappa shape index (κ3) is 4.09. The second-order valence-electron chi connectivity index (χ2n) is 7.26. The summed E-state index contributed by atoms with van der Waals surface area (Å²) in [5.41, 5.74) is 1.16. The van der Waals surface area contributed by atoms with Crippen molar-refractivity contribution in [3.8, 4) is 0 Å². The van der Waals surface area contributed by atoms with E-state index in [4.69, 9.17) is 5.11 Å². The Hall–Kier alpha value is -4.19. The molecule has 0 bridgehead atoms. The molecule has 0 spiro atoms. The number of amides is 1. The van der Waals surface area contributed by atoms with E-state index in [2.05, 4.69) is 5.32 Å². The van der Waals surface area contributed by atoms with Crippen LogP contribution in [0.5, 0.6) is 0 Å². The molecule has 1 amide bonds. The monoisotopic (exact) mass is 413 g/mol. The highest BCUT2D eigenvalue weighted by molar-refractivity contribution is 6.18. The number of aliphatic carboxylic acids is 1. The van der Waals surface area contributed by atoms with Crippen molar-refractivity contribution in [3.63, 3.8) is 0 Å². The van der Waals surface area contributed by atoms with Crippen molar-refractivity contribution < 1.29 is 24.6 Å². The van der Waals surface area contributed by atoms with Gasteiger partial charge >= 0.3 is 11.9 Å². The van der Waals surface area contributed by atoms with Crippen LogP contribution in [0.1, 0.15) is 26.3 Å². The molecule has 0 saturated heterocycles. The molecule has 0 fully saturated rings. The third-order valence-corrected chi connectivity index (χ3v) is 5.24. The van der Waals surface area contributed by atoms with Gasteiger partial charge in [-0.25, -0.2) is 9.59 Å². The summed E-state index contributed by atoms with van der Waals surface area (Å²) < 4.78 is 0. The van der Waals surface area contributed by atoms with E-state index in [-0.39, 0.29) is 12.0 Å². The van der Waals surface area contributed by atoms with Crippen LogP contribution in [0.3, 0.4) is 0 Å². The summed E-state index contributed by atoms with van der Waals surface area (Å²) in [5.74, 6) is -2.69. The zero-order valence-electron chi connectivity index (χ0n) is 16.4. The van der Waals surface area contributed by atoms with Crippen molar-refractivity contribution in [1.82, 2.24) is 5.32 Å². The predicted octanol–water partition coefficient (Wildman–Crippen LogP) is 4.12. The molecule has 0 aliphatic rings. The highest BCUT2D eigenvalue weighted by Crippen LogP contribution is 2.28. The lowest BCUT2D eigenvalue weighted by molar-refractivity contribution is -0.139. The Balaban J connectivity index is 1.68. The van der Waals surface area contributed by atoms with Crippen LogP contribution >= 0.6 is 0 Å². The maximum absolute atomic E-state index is 13.3. The molecule has 4 aromatic rings. The zero-order valence-corrected chi connectivity index (χ0v) is 16.4. The van der Waals surface area contributed by atoms with Crippen LogP contribution < -0.4 is 5.32 Å². The SMILES string of the molecule is O=C(O)c1ccc(C[C@H](NC(=O)c2c3ccccc3cc3ccccc23)C(=O)O)cc1. The number of rotatable bonds is 6. The Bertz CT molecular complexity index is 1260. The summed E-state index contributed by atoms with van der Waals surface area (Å²) in [5, 5.41) is 24.6. The summed E-state index contributed by atoms with van der Waals surface area (Å²) in [7, 11) is 0. The summed E-state index contributed by atoms with van der Waals surface area (Å²) in [6.45, 7) is 0. The van der Waals surface area contributed by atoms with Crippen molar-refractivity contribution in [3.05, 3.63) is 95.6 Å². The van der Waals surface area contributed by atoms with Gasteiger partial charge in [0.15, 0.2) is 0 Å². The maximum atomic E-state index is 13.3. The molecule has 31 heavy (non-hydrogen) atoms. The van der Waals surface area contributed by atoms with Crippen molar-refractivity contribution in [1.29, 1.82) is 0 Å². The van der Waals surface area contributed by atoms with Crippen LogP contribution in [0.25, 0.3) is 21.5 Å². The predicted molar refractivity (Wildman–Crippen MR) is 117 cm³/mol. The first-order valence-electron chi connectivity index (χ1n) is 9.70. The first-order valence-corrected chi connectivity index (χ1v) is 9.70. The average Bonchev–Trinajstić information content (AvgIpc) is 2.77. The van der Waals surface area contributed by atoms with Gasteiger partial charge in [-0.2, -0.15) is 0 Å². The normalized spacial score (nSPS) is 11.9. The van der Waals surface area contributed by atoms with Gasteiger partial charge < -0.3 is 15.5 Å². The van der Waals surface area contributed by atoms with Crippen molar-refractivity contribution in [2.75, 3.05) is 0 Å². The molecule has 0 saturated carbocycles. The maximum Gasteiger partial charge on any atom is 0.335 e. The second-order valence-corrected chi connectivity index (χ2v) is 7.26. The van der Waals surface area contributed by atoms with Crippen molar-refractivity contribution >= 4 is 39.4 Å². The first kappa shape index (κ1) is 20.1. The molecular weight excluding hydrogens is 394 g/mol. The summed E-state index contributed by atoms with van der Waals surface area (Å²) in [4.78, 5) is 36.1. The number of carboxylic acids is 2. The molecule has 0 heterocycles. The lowest BCUT2D eigenvalue weighted by atomic mass is 9.95. The Kier molecular flexibility index (Phi) is 5.37. The zero-order chi connectivity index (χ0) is 22.0. The van der Waals surface area contributed by atoms with Crippen LogP contribution in [0.15, 0.2) is 78.9 Å². The van der Waals surface area contributed by atoms with Crippen LogP contribution in [0.4, 0.5) is 0 Å². The van der Waals surface area contributed by atoms with Crippen LogP contribution in [-0.4, -0.2) is 34.1 Å². The number of aromatic carboxylic acids is 1. The van der Waals surface area contributed by atoms with Gasteiger partial charge in [-0.05, 0) is 45.3 Å². The molecule has 0 aliphatic carbocycles. The van der Waals surface area contributed by atoms with E-state index in [0.29, 0.717) is 11.1 Å². The van der Waals surface area contributed by atoms with Gasteiger partial charge in [-0.3, -0.25) is 4.79 Å². The molecule has 4 aromatic carbocycles. The van der Waals surface area contributed by atoms with Gasteiger partial charge in [0.2, 0.25) is 0 Å². The van der Waals surface area contributed by atoms with Gasteiger partial charge in [-0.15, -0.1) is 0 Å². The van der Waals surface area contributed by atoms with E-state index in [1.54, 1.807) is 12.1 Å². The lowest BCUT2D eigenvalue weighted by Gasteiger charge is -2.17. The highest BCUT2D eigenvalue weighted by atomic mass is 16.4. The van der Waals surface area contributed by atoms with E-state index in [0.717, 1.165) is 21.5 Å². The molecule has 154 valence electrons. The Morgan fingerprint density at radius 3 is 1.84 bits per heavy atom. The fraction of sp³-hybridized carbons (Fsp3) is 0.0800. The minimum atomic E-state index is -1.17. The Morgan fingerprint density at radius 2 is 1.32 bits per heavy atom. The fourth-order valence-electron chi connectivity index (χ4n) is 3.71. The number of benzene rings is 4. The number of hydrogen-bond donors (Lipinski definition) is 3.